The third-order valence-corrected chi connectivity index (χ3v) is 5.61. The fraction of sp³-hybridized carbons (Fsp3) is 0.529. The van der Waals surface area contributed by atoms with Gasteiger partial charge in [-0.1, -0.05) is 23.7 Å². The summed E-state index contributed by atoms with van der Waals surface area (Å²) in [4.78, 5) is 24.3. The number of rotatable bonds is 8. The van der Waals surface area contributed by atoms with Gasteiger partial charge in [0.05, 0.1) is 10.9 Å². The van der Waals surface area contributed by atoms with Crippen molar-refractivity contribution < 1.29 is 19.4 Å². The lowest BCUT2D eigenvalue weighted by Gasteiger charge is -2.27. The van der Waals surface area contributed by atoms with Gasteiger partial charge >= 0.3 is 5.97 Å². The average Bonchev–Trinajstić information content (AvgIpc) is 2.57. The van der Waals surface area contributed by atoms with E-state index in [1.807, 2.05) is 24.3 Å². The molecule has 1 aromatic rings. The molecule has 5 nitrogen and oxygen atoms in total. The number of halogens is 1. The predicted molar refractivity (Wildman–Crippen MR) is 94.5 cm³/mol. The second-order valence-electron chi connectivity index (χ2n) is 5.73. The number of carbonyl (C=O) groups is 2. The molecule has 0 aliphatic carbocycles. The molecule has 7 heteroatoms. The van der Waals surface area contributed by atoms with Gasteiger partial charge in [0.15, 0.2) is 0 Å². The lowest BCUT2D eigenvalue weighted by atomic mass is 9.86. The summed E-state index contributed by atoms with van der Waals surface area (Å²) in [6.45, 7) is 1.36. The summed E-state index contributed by atoms with van der Waals surface area (Å²) in [5.74, 6) is -0.867. The number of carboxylic acid groups (broad SMARTS) is 1. The van der Waals surface area contributed by atoms with Crippen molar-refractivity contribution in [1.82, 2.24) is 5.32 Å². The van der Waals surface area contributed by atoms with Crippen LogP contribution in [0.2, 0.25) is 5.02 Å². The second-order valence-corrected chi connectivity index (χ2v) is 7.27. The number of nitrogens with one attached hydrogen (secondary N) is 1. The first-order valence-corrected chi connectivity index (χ1v) is 9.39. The van der Waals surface area contributed by atoms with Gasteiger partial charge < -0.3 is 15.2 Å². The van der Waals surface area contributed by atoms with Gasteiger partial charge in [-0.3, -0.25) is 9.59 Å². The first-order chi connectivity index (χ1) is 11.6. The van der Waals surface area contributed by atoms with Gasteiger partial charge in [-0.25, -0.2) is 0 Å². The van der Waals surface area contributed by atoms with Crippen molar-refractivity contribution in [3.63, 3.8) is 0 Å². The van der Waals surface area contributed by atoms with Gasteiger partial charge in [-0.15, -0.1) is 11.8 Å². The van der Waals surface area contributed by atoms with Gasteiger partial charge in [-0.05, 0) is 30.9 Å². The summed E-state index contributed by atoms with van der Waals surface area (Å²) in [7, 11) is 0. The monoisotopic (exact) mass is 371 g/mol. The van der Waals surface area contributed by atoms with Crippen molar-refractivity contribution in [2.75, 3.05) is 25.5 Å². The van der Waals surface area contributed by atoms with Crippen LogP contribution in [0.3, 0.4) is 0 Å². The molecule has 0 spiro atoms. The third kappa shape index (κ3) is 6.00. The van der Waals surface area contributed by atoms with E-state index in [2.05, 4.69) is 5.32 Å². The molecule has 1 aliphatic heterocycles. The first kappa shape index (κ1) is 19.1. The predicted octanol–water partition coefficient (Wildman–Crippen LogP) is 3.07. The molecule has 1 aromatic carbocycles. The van der Waals surface area contributed by atoms with Crippen LogP contribution in [0.15, 0.2) is 29.2 Å². The van der Waals surface area contributed by atoms with Crippen molar-refractivity contribution in [2.24, 2.45) is 11.8 Å². The number of amides is 1. The highest BCUT2D eigenvalue weighted by molar-refractivity contribution is 7.99. The number of aliphatic carboxylic acids is 1. The second kappa shape index (κ2) is 9.91. The molecular weight excluding hydrogens is 350 g/mol. The van der Waals surface area contributed by atoms with E-state index in [0.717, 1.165) is 17.7 Å². The number of benzene rings is 1. The van der Waals surface area contributed by atoms with Gasteiger partial charge in [0, 0.05) is 36.8 Å². The first-order valence-electron chi connectivity index (χ1n) is 8.02. The molecule has 1 saturated heterocycles. The van der Waals surface area contributed by atoms with E-state index in [0.29, 0.717) is 30.4 Å². The summed E-state index contributed by atoms with van der Waals surface area (Å²) in [6.07, 6.45) is 1.79. The lowest BCUT2D eigenvalue weighted by molar-refractivity contribution is -0.144. The van der Waals surface area contributed by atoms with Crippen molar-refractivity contribution in [2.45, 2.75) is 24.2 Å². The number of thioether (sulfide) groups is 1. The number of carbonyl (C=O) groups excluding carboxylic acids is 1. The Kier molecular flexibility index (Phi) is 7.88. The molecule has 1 fully saturated rings. The molecule has 132 valence electrons. The standard InChI is InChI=1S/C17H22ClNO4S/c18-14-3-1-2-4-15(14)24-10-7-16(20)19-11-13(17(21)22)12-5-8-23-9-6-12/h1-4,12-13H,5-11H2,(H,19,20)(H,21,22). The number of ether oxygens (including phenoxy) is 1. The molecular formula is C17H22ClNO4S. The molecule has 1 atom stereocenters. The number of carboxylic acids is 1. The maximum Gasteiger partial charge on any atom is 0.308 e. The Hall–Kier alpha value is -1.24. The van der Waals surface area contributed by atoms with Crippen molar-refractivity contribution >= 4 is 35.2 Å². The molecule has 24 heavy (non-hydrogen) atoms. The lowest BCUT2D eigenvalue weighted by Crippen LogP contribution is -2.39. The Morgan fingerprint density at radius 1 is 1.33 bits per heavy atom. The van der Waals surface area contributed by atoms with Crippen LogP contribution in [0.5, 0.6) is 0 Å². The smallest absolute Gasteiger partial charge is 0.308 e. The minimum Gasteiger partial charge on any atom is -0.481 e. The van der Waals surface area contributed by atoms with E-state index >= 15 is 0 Å². The van der Waals surface area contributed by atoms with Crippen molar-refractivity contribution in [1.29, 1.82) is 0 Å². The van der Waals surface area contributed by atoms with Crippen LogP contribution in [-0.2, 0) is 14.3 Å². The minimum absolute atomic E-state index is 0.0639. The zero-order valence-electron chi connectivity index (χ0n) is 13.4. The maximum atomic E-state index is 12.0. The fourth-order valence-corrected chi connectivity index (χ4v) is 3.89. The van der Waals surface area contributed by atoms with E-state index in [9.17, 15) is 14.7 Å². The van der Waals surface area contributed by atoms with Crippen molar-refractivity contribution in [3.8, 4) is 0 Å². The van der Waals surface area contributed by atoms with E-state index in [1.165, 1.54) is 11.8 Å². The Labute approximate surface area is 151 Å². The van der Waals surface area contributed by atoms with Crippen LogP contribution in [0.25, 0.3) is 0 Å². The highest BCUT2D eigenvalue weighted by Crippen LogP contribution is 2.27. The third-order valence-electron chi connectivity index (χ3n) is 4.09. The Morgan fingerprint density at radius 2 is 2.04 bits per heavy atom. The molecule has 0 aromatic heterocycles. The molecule has 2 N–H and O–H groups in total. The summed E-state index contributed by atoms with van der Waals surface area (Å²) in [6, 6.07) is 7.49. The SMILES string of the molecule is O=C(CCSc1ccccc1Cl)NCC(C(=O)O)C1CCOCC1. The van der Waals surface area contributed by atoms with Gasteiger partial charge in [0.1, 0.15) is 0 Å². The summed E-state index contributed by atoms with van der Waals surface area (Å²) >= 11 is 7.58. The van der Waals surface area contributed by atoms with Gasteiger partial charge in [0.25, 0.3) is 0 Å². The molecule has 0 bridgehead atoms. The molecule has 0 saturated carbocycles. The van der Waals surface area contributed by atoms with Crippen LogP contribution in [-0.4, -0.2) is 42.5 Å². The molecule has 1 aliphatic rings. The summed E-state index contributed by atoms with van der Waals surface area (Å²) in [5, 5.41) is 12.8. The molecule has 1 heterocycles. The Bertz CT molecular complexity index is 563. The fourth-order valence-electron chi connectivity index (χ4n) is 2.70. The van der Waals surface area contributed by atoms with Gasteiger partial charge in [0.2, 0.25) is 5.91 Å². The molecule has 1 unspecified atom stereocenters. The Morgan fingerprint density at radius 3 is 2.71 bits per heavy atom. The summed E-state index contributed by atoms with van der Waals surface area (Å²) < 4.78 is 5.27. The van der Waals surface area contributed by atoms with E-state index in [-0.39, 0.29) is 18.4 Å². The zero-order valence-corrected chi connectivity index (χ0v) is 14.9. The molecule has 1 amide bonds. The van der Waals surface area contributed by atoms with E-state index in [4.69, 9.17) is 16.3 Å². The quantitative estimate of drug-likeness (QED) is 0.687. The topological polar surface area (TPSA) is 75.6 Å². The average molecular weight is 372 g/mol. The highest BCUT2D eigenvalue weighted by Gasteiger charge is 2.29. The van der Waals surface area contributed by atoms with Crippen LogP contribution in [0.1, 0.15) is 19.3 Å². The van der Waals surface area contributed by atoms with E-state index < -0.39 is 11.9 Å². The van der Waals surface area contributed by atoms with Crippen molar-refractivity contribution in [3.05, 3.63) is 29.3 Å². The minimum atomic E-state index is -0.854. The Balaban J connectivity index is 1.72. The normalized spacial score (nSPS) is 16.5. The number of hydrogen-bond acceptors (Lipinski definition) is 4. The maximum absolute atomic E-state index is 12.0. The van der Waals surface area contributed by atoms with Crippen LogP contribution in [0, 0.1) is 11.8 Å². The highest BCUT2D eigenvalue weighted by atomic mass is 35.5. The molecule has 2 rings (SSSR count). The number of hydrogen-bond donors (Lipinski definition) is 2. The van der Waals surface area contributed by atoms with Crippen LogP contribution >= 0.6 is 23.4 Å². The zero-order chi connectivity index (χ0) is 17.4. The van der Waals surface area contributed by atoms with Gasteiger partial charge in [-0.2, -0.15) is 0 Å². The largest absolute Gasteiger partial charge is 0.481 e. The van der Waals surface area contributed by atoms with Crippen LogP contribution in [0.4, 0.5) is 0 Å². The molecule has 0 radical (unpaired) electrons. The van der Waals surface area contributed by atoms with E-state index in [1.54, 1.807) is 0 Å². The summed E-state index contributed by atoms with van der Waals surface area (Å²) in [5.41, 5.74) is 0. The van der Waals surface area contributed by atoms with Crippen LogP contribution < -0.4 is 5.32 Å².